The van der Waals surface area contributed by atoms with Gasteiger partial charge in [0.25, 0.3) is 10.0 Å². The highest BCUT2D eigenvalue weighted by molar-refractivity contribution is 9.10. The number of hydrogen-bond acceptors (Lipinski definition) is 4. The maximum absolute atomic E-state index is 13.9. The zero-order chi connectivity index (χ0) is 28.1. The van der Waals surface area contributed by atoms with Crippen molar-refractivity contribution in [2.24, 2.45) is 0 Å². The maximum atomic E-state index is 13.9. The zero-order valence-electron chi connectivity index (χ0n) is 22.3. The van der Waals surface area contributed by atoms with Crippen LogP contribution in [0.3, 0.4) is 0 Å². The summed E-state index contributed by atoms with van der Waals surface area (Å²) in [6, 6.07) is 21.6. The normalized spacial score (nSPS) is 12.5. The fourth-order valence-corrected chi connectivity index (χ4v) is 5.64. The van der Waals surface area contributed by atoms with Crippen molar-refractivity contribution in [2.45, 2.75) is 57.6 Å². The second kappa shape index (κ2) is 12.1. The Labute approximate surface area is 234 Å². The van der Waals surface area contributed by atoms with Crippen LogP contribution in [0.25, 0.3) is 0 Å². The van der Waals surface area contributed by atoms with Crippen LogP contribution in [0.2, 0.25) is 0 Å². The van der Waals surface area contributed by atoms with Gasteiger partial charge in [0.05, 0.1) is 10.6 Å². The molecule has 1 N–H and O–H groups in total. The van der Waals surface area contributed by atoms with Gasteiger partial charge >= 0.3 is 0 Å². The van der Waals surface area contributed by atoms with E-state index in [1.165, 1.54) is 17.0 Å². The highest BCUT2D eigenvalue weighted by atomic mass is 79.9. The minimum Gasteiger partial charge on any atom is -0.350 e. The van der Waals surface area contributed by atoms with E-state index in [2.05, 4.69) is 21.2 Å². The topological polar surface area (TPSA) is 86.8 Å². The molecule has 3 aromatic rings. The minimum atomic E-state index is -4.09. The van der Waals surface area contributed by atoms with Gasteiger partial charge in [-0.1, -0.05) is 70.0 Å². The predicted molar refractivity (Wildman–Crippen MR) is 154 cm³/mol. The molecule has 2 amide bonds. The van der Waals surface area contributed by atoms with Crippen molar-refractivity contribution >= 4 is 43.5 Å². The first-order chi connectivity index (χ1) is 17.8. The summed E-state index contributed by atoms with van der Waals surface area (Å²) in [6.45, 7) is 8.89. The van der Waals surface area contributed by atoms with Crippen LogP contribution in [0.15, 0.2) is 88.2 Å². The third kappa shape index (κ3) is 7.68. The first kappa shape index (κ1) is 29.4. The van der Waals surface area contributed by atoms with Gasteiger partial charge in [-0.3, -0.25) is 13.9 Å². The van der Waals surface area contributed by atoms with Crippen LogP contribution >= 0.6 is 15.9 Å². The van der Waals surface area contributed by atoms with E-state index in [1.807, 2.05) is 52.0 Å². The van der Waals surface area contributed by atoms with Gasteiger partial charge in [0.1, 0.15) is 12.6 Å². The number of carbonyl (C=O) groups excluding carboxylic acids is 2. The molecule has 1 atom stereocenters. The van der Waals surface area contributed by atoms with Crippen LogP contribution in [0, 0.1) is 6.92 Å². The highest BCUT2D eigenvalue weighted by Gasteiger charge is 2.33. The van der Waals surface area contributed by atoms with Crippen molar-refractivity contribution in [3.8, 4) is 0 Å². The third-order valence-corrected chi connectivity index (χ3v) is 8.13. The van der Waals surface area contributed by atoms with Crippen LogP contribution < -0.4 is 9.62 Å². The predicted octanol–water partition coefficient (Wildman–Crippen LogP) is 5.28. The summed E-state index contributed by atoms with van der Waals surface area (Å²) in [7, 11) is -4.09. The van der Waals surface area contributed by atoms with Gasteiger partial charge in [-0.2, -0.15) is 0 Å². The summed E-state index contributed by atoms with van der Waals surface area (Å²) < 4.78 is 29.3. The van der Waals surface area contributed by atoms with E-state index in [1.54, 1.807) is 49.4 Å². The molecule has 9 heteroatoms. The second-order valence-corrected chi connectivity index (χ2v) is 13.0. The fourth-order valence-electron chi connectivity index (χ4n) is 3.83. The lowest BCUT2D eigenvalue weighted by Gasteiger charge is -2.33. The molecule has 0 fully saturated rings. The van der Waals surface area contributed by atoms with Gasteiger partial charge in [0.2, 0.25) is 11.8 Å². The van der Waals surface area contributed by atoms with Gasteiger partial charge in [-0.05, 0) is 70.5 Å². The molecular weight excluding hydrogens is 566 g/mol. The Morgan fingerprint density at radius 3 is 2.16 bits per heavy atom. The summed E-state index contributed by atoms with van der Waals surface area (Å²) in [4.78, 5) is 28.5. The monoisotopic (exact) mass is 599 g/mol. The molecule has 0 aliphatic carbocycles. The largest absolute Gasteiger partial charge is 0.350 e. The van der Waals surface area contributed by atoms with Crippen molar-refractivity contribution in [1.82, 2.24) is 10.2 Å². The van der Waals surface area contributed by atoms with Gasteiger partial charge < -0.3 is 10.2 Å². The summed E-state index contributed by atoms with van der Waals surface area (Å²) in [6.07, 6.45) is 0. The lowest BCUT2D eigenvalue weighted by molar-refractivity contribution is -0.140. The number of amides is 2. The fraction of sp³-hybridized carbons (Fsp3) is 0.310. The van der Waals surface area contributed by atoms with Gasteiger partial charge in [0, 0.05) is 16.6 Å². The average Bonchev–Trinajstić information content (AvgIpc) is 2.85. The lowest BCUT2D eigenvalue weighted by Crippen LogP contribution is -2.54. The quantitative estimate of drug-likeness (QED) is 0.362. The molecule has 0 saturated heterocycles. The van der Waals surface area contributed by atoms with Crippen LogP contribution in [0.5, 0.6) is 0 Å². The molecule has 3 aromatic carbocycles. The highest BCUT2D eigenvalue weighted by Crippen LogP contribution is 2.27. The van der Waals surface area contributed by atoms with Crippen molar-refractivity contribution < 1.29 is 18.0 Å². The van der Waals surface area contributed by atoms with E-state index in [9.17, 15) is 18.0 Å². The molecule has 0 aliphatic heterocycles. The number of aryl methyl sites for hydroxylation is 1. The molecule has 0 radical (unpaired) electrons. The SMILES string of the molecule is Cc1ccc(CN(C(=O)CN(c2cccc(Br)c2)S(=O)(=O)c2ccccc2)[C@H](C)C(=O)NC(C)(C)C)cc1. The van der Waals surface area contributed by atoms with Crippen LogP contribution in [-0.2, 0) is 26.2 Å². The summed E-state index contributed by atoms with van der Waals surface area (Å²) in [5.41, 5.74) is 1.74. The van der Waals surface area contributed by atoms with E-state index in [4.69, 9.17) is 0 Å². The number of sulfonamides is 1. The first-order valence-electron chi connectivity index (χ1n) is 12.3. The smallest absolute Gasteiger partial charge is 0.264 e. The Bertz CT molecular complexity index is 1370. The summed E-state index contributed by atoms with van der Waals surface area (Å²) in [5.74, 6) is -0.820. The zero-order valence-corrected chi connectivity index (χ0v) is 24.7. The van der Waals surface area contributed by atoms with Crippen molar-refractivity contribution in [2.75, 3.05) is 10.8 Å². The van der Waals surface area contributed by atoms with Crippen molar-refractivity contribution in [3.63, 3.8) is 0 Å². The molecule has 38 heavy (non-hydrogen) atoms. The molecule has 0 heterocycles. The maximum Gasteiger partial charge on any atom is 0.264 e. The molecule has 3 rings (SSSR count). The molecule has 0 unspecified atom stereocenters. The van der Waals surface area contributed by atoms with Crippen LogP contribution in [-0.4, -0.2) is 43.3 Å². The minimum absolute atomic E-state index is 0.0661. The van der Waals surface area contributed by atoms with E-state index in [-0.39, 0.29) is 17.3 Å². The number of hydrogen-bond donors (Lipinski definition) is 1. The number of carbonyl (C=O) groups is 2. The second-order valence-electron chi connectivity index (χ2n) is 10.2. The van der Waals surface area contributed by atoms with E-state index < -0.39 is 34.1 Å². The number of halogens is 1. The molecular formula is C29H34BrN3O4S. The first-order valence-corrected chi connectivity index (χ1v) is 14.5. The molecule has 0 spiro atoms. The molecule has 202 valence electrons. The summed E-state index contributed by atoms with van der Waals surface area (Å²) >= 11 is 3.40. The average molecular weight is 601 g/mol. The van der Waals surface area contributed by atoms with Crippen molar-refractivity contribution in [3.05, 3.63) is 94.5 Å². The number of nitrogens with one attached hydrogen (secondary N) is 1. The molecule has 0 aromatic heterocycles. The van der Waals surface area contributed by atoms with Gasteiger partial charge in [-0.25, -0.2) is 8.42 Å². The molecule has 7 nitrogen and oxygen atoms in total. The van der Waals surface area contributed by atoms with Gasteiger partial charge in [0.15, 0.2) is 0 Å². The Morgan fingerprint density at radius 1 is 0.947 bits per heavy atom. The third-order valence-electron chi connectivity index (χ3n) is 5.85. The Morgan fingerprint density at radius 2 is 1.58 bits per heavy atom. The summed E-state index contributed by atoms with van der Waals surface area (Å²) in [5, 5.41) is 2.93. The van der Waals surface area contributed by atoms with E-state index in [0.29, 0.717) is 10.2 Å². The number of anilines is 1. The Balaban J connectivity index is 2.02. The number of rotatable bonds is 9. The Hall–Kier alpha value is -3.17. The van der Waals surface area contributed by atoms with Crippen LogP contribution in [0.1, 0.15) is 38.8 Å². The van der Waals surface area contributed by atoms with E-state index in [0.717, 1.165) is 15.4 Å². The molecule has 0 saturated carbocycles. The molecule has 0 aliphatic rings. The number of nitrogens with zero attached hydrogens (tertiary/aromatic N) is 2. The van der Waals surface area contributed by atoms with Crippen molar-refractivity contribution in [1.29, 1.82) is 0 Å². The van der Waals surface area contributed by atoms with Gasteiger partial charge in [-0.15, -0.1) is 0 Å². The van der Waals surface area contributed by atoms with Crippen LogP contribution in [0.4, 0.5) is 5.69 Å². The molecule has 0 bridgehead atoms. The Kier molecular flexibility index (Phi) is 9.38. The van der Waals surface area contributed by atoms with E-state index >= 15 is 0 Å². The number of benzene rings is 3. The standard InChI is InChI=1S/C29H34BrN3O4S/c1-21-14-16-23(17-15-21)19-32(22(2)28(35)31-29(3,4)5)27(34)20-33(25-11-9-10-24(30)18-25)38(36,37)26-12-7-6-8-13-26/h6-18,22H,19-20H2,1-5H3,(H,31,35)/t22-/m1/s1. The lowest BCUT2D eigenvalue weighted by atomic mass is 10.1.